The van der Waals surface area contributed by atoms with E-state index in [1.54, 1.807) is 25.2 Å². The average Bonchev–Trinajstić information content (AvgIpc) is 2.35. The van der Waals surface area contributed by atoms with Gasteiger partial charge in [0.15, 0.2) is 0 Å². The molecule has 1 rings (SSSR count). The van der Waals surface area contributed by atoms with Crippen LogP contribution in [-0.2, 0) is 4.79 Å². The summed E-state index contributed by atoms with van der Waals surface area (Å²) in [6.45, 7) is 2.93. The van der Waals surface area contributed by atoms with Gasteiger partial charge in [-0.2, -0.15) is 5.26 Å². The van der Waals surface area contributed by atoms with Gasteiger partial charge in [0.25, 0.3) is 0 Å². The Hall–Kier alpha value is -2.22. The summed E-state index contributed by atoms with van der Waals surface area (Å²) in [5.74, 6) is -0.0604. The van der Waals surface area contributed by atoms with Crippen LogP contribution < -0.4 is 16.0 Å². The number of nitriles is 1. The summed E-state index contributed by atoms with van der Waals surface area (Å²) in [5, 5.41) is 11.4. The van der Waals surface area contributed by atoms with E-state index < -0.39 is 0 Å². The predicted molar refractivity (Wildman–Crippen MR) is 67.5 cm³/mol. The summed E-state index contributed by atoms with van der Waals surface area (Å²) in [4.78, 5) is 13.2. The van der Waals surface area contributed by atoms with Gasteiger partial charge in [-0.05, 0) is 25.1 Å². The molecule has 17 heavy (non-hydrogen) atoms. The molecule has 0 atom stereocenters. The van der Waals surface area contributed by atoms with E-state index in [-0.39, 0.29) is 12.5 Å². The first-order valence-corrected chi connectivity index (χ1v) is 5.37. The van der Waals surface area contributed by atoms with Gasteiger partial charge in [0, 0.05) is 19.3 Å². The smallest absolute Gasteiger partial charge is 0.239 e. The summed E-state index contributed by atoms with van der Waals surface area (Å²) in [6.07, 6.45) is 0. The third kappa shape index (κ3) is 3.11. The van der Waals surface area contributed by atoms with Crippen LogP contribution in [0.3, 0.4) is 0 Å². The van der Waals surface area contributed by atoms with Gasteiger partial charge in [-0.15, -0.1) is 0 Å². The number of carbonyl (C=O) groups excluding carboxylic acids is 1. The van der Waals surface area contributed by atoms with Crippen LogP contribution >= 0.6 is 0 Å². The van der Waals surface area contributed by atoms with Crippen LogP contribution in [0, 0.1) is 11.3 Å². The van der Waals surface area contributed by atoms with Gasteiger partial charge in [0.2, 0.25) is 5.91 Å². The van der Waals surface area contributed by atoms with E-state index >= 15 is 0 Å². The maximum Gasteiger partial charge on any atom is 0.239 e. The molecule has 0 heterocycles. The van der Waals surface area contributed by atoms with Crippen LogP contribution in [0.4, 0.5) is 11.4 Å². The zero-order chi connectivity index (χ0) is 12.8. The number of carbonyl (C=O) groups is 1. The van der Waals surface area contributed by atoms with Gasteiger partial charge in [-0.25, -0.2) is 0 Å². The summed E-state index contributed by atoms with van der Waals surface area (Å²) in [6, 6.07) is 7.18. The number of rotatable bonds is 4. The molecule has 3 N–H and O–H groups in total. The Morgan fingerprint density at radius 3 is 2.76 bits per heavy atom. The number of nitrogens with one attached hydrogen (secondary N) is 1. The third-order valence-electron chi connectivity index (χ3n) is 2.52. The molecule has 0 aliphatic rings. The highest BCUT2D eigenvalue weighted by Crippen LogP contribution is 2.20. The van der Waals surface area contributed by atoms with Crippen molar-refractivity contribution >= 4 is 17.3 Å². The van der Waals surface area contributed by atoms with Crippen molar-refractivity contribution in [1.29, 1.82) is 5.26 Å². The first-order chi connectivity index (χ1) is 8.12. The Bertz CT molecular complexity index is 450. The van der Waals surface area contributed by atoms with E-state index in [4.69, 9.17) is 11.0 Å². The molecule has 1 aromatic rings. The summed E-state index contributed by atoms with van der Waals surface area (Å²) < 4.78 is 0. The van der Waals surface area contributed by atoms with Crippen molar-refractivity contribution in [2.24, 2.45) is 0 Å². The summed E-state index contributed by atoms with van der Waals surface area (Å²) >= 11 is 0. The number of nitrogens with two attached hydrogens (primary N) is 1. The largest absolute Gasteiger partial charge is 0.398 e. The molecule has 0 radical (unpaired) electrons. The molecule has 0 saturated heterocycles. The van der Waals surface area contributed by atoms with Crippen molar-refractivity contribution in [2.75, 3.05) is 30.8 Å². The first kappa shape index (κ1) is 12.8. The number of likely N-dealkylation sites (N-methyl/N-ethyl adjacent to an activating group) is 2. The fourth-order valence-electron chi connectivity index (χ4n) is 1.49. The number of amides is 1. The van der Waals surface area contributed by atoms with Gasteiger partial charge in [0.1, 0.15) is 6.07 Å². The monoisotopic (exact) mass is 232 g/mol. The van der Waals surface area contributed by atoms with Crippen LogP contribution in [0.1, 0.15) is 12.5 Å². The molecule has 90 valence electrons. The van der Waals surface area contributed by atoms with Crippen LogP contribution in [0.25, 0.3) is 0 Å². The molecule has 0 aliphatic carbocycles. The number of hydrogen-bond donors (Lipinski definition) is 2. The Morgan fingerprint density at radius 1 is 1.59 bits per heavy atom. The van der Waals surface area contributed by atoms with Crippen LogP contribution in [0.5, 0.6) is 0 Å². The van der Waals surface area contributed by atoms with Crippen molar-refractivity contribution in [1.82, 2.24) is 5.32 Å². The molecule has 0 bridgehead atoms. The quantitative estimate of drug-likeness (QED) is 0.749. The second-order valence-corrected chi connectivity index (χ2v) is 3.57. The van der Waals surface area contributed by atoms with Crippen molar-refractivity contribution in [2.45, 2.75) is 6.92 Å². The van der Waals surface area contributed by atoms with Crippen molar-refractivity contribution in [3.8, 4) is 6.07 Å². The number of benzene rings is 1. The van der Waals surface area contributed by atoms with Gasteiger partial charge < -0.3 is 16.0 Å². The zero-order valence-corrected chi connectivity index (χ0v) is 10.0. The predicted octanol–water partition coefficient (Wildman–Crippen LogP) is 0.713. The normalized spacial score (nSPS) is 9.47. The molecule has 0 fully saturated rings. The van der Waals surface area contributed by atoms with Gasteiger partial charge in [-0.3, -0.25) is 4.79 Å². The molecule has 0 unspecified atom stereocenters. The van der Waals surface area contributed by atoms with Gasteiger partial charge in [-0.1, -0.05) is 0 Å². The van der Waals surface area contributed by atoms with Gasteiger partial charge >= 0.3 is 0 Å². The van der Waals surface area contributed by atoms with Crippen LogP contribution in [-0.4, -0.2) is 26.0 Å². The van der Waals surface area contributed by atoms with E-state index in [0.29, 0.717) is 17.8 Å². The fraction of sp³-hybridized carbons (Fsp3) is 0.333. The van der Waals surface area contributed by atoms with E-state index in [2.05, 4.69) is 5.32 Å². The molecule has 0 saturated carbocycles. The lowest BCUT2D eigenvalue weighted by Crippen LogP contribution is -2.35. The molecule has 5 heteroatoms. The SMILES string of the molecule is CCN(CC(=O)NC)c1ccc(C#N)c(N)c1. The lowest BCUT2D eigenvalue weighted by atomic mass is 10.1. The number of hydrogen-bond acceptors (Lipinski definition) is 4. The van der Waals surface area contributed by atoms with E-state index in [0.717, 1.165) is 5.69 Å². The Morgan fingerprint density at radius 2 is 2.29 bits per heavy atom. The highest BCUT2D eigenvalue weighted by atomic mass is 16.1. The third-order valence-corrected chi connectivity index (χ3v) is 2.52. The van der Waals surface area contributed by atoms with Crippen molar-refractivity contribution < 1.29 is 4.79 Å². The first-order valence-electron chi connectivity index (χ1n) is 5.37. The van der Waals surface area contributed by atoms with E-state index in [9.17, 15) is 4.79 Å². The van der Waals surface area contributed by atoms with Crippen molar-refractivity contribution in [3.63, 3.8) is 0 Å². The fourth-order valence-corrected chi connectivity index (χ4v) is 1.49. The van der Waals surface area contributed by atoms with Gasteiger partial charge in [0.05, 0.1) is 17.8 Å². The average molecular weight is 232 g/mol. The lowest BCUT2D eigenvalue weighted by molar-refractivity contribution is -0.119. The topological polar surface area (TPSA) is 82.2 Å². The molecule has 1 amide bonds. The molecular formula is C12H16N4O. The molecule has 0 aliphatic heterocycles. The molecular weight excluding hydrogens is 216 g/mol. The second kappa shape index (κ2) is 5.75. The molecule has 5 nitrogen and oxygen atoms in total. The minimum absolute atomic E-state index is 0.0604. The second-order valence-electron chi connectivity index (χ2n) is 3.57. The molecule has 1 aromatic carbocycles. The maximum absolute atomic E-state index is 11.3. The number of anilines is 2. The van der Waals surface area contributed by atoms with E-state index in [1.165, 1.54) is 0 Å². The van der Waals surface area contributed by atoms with Crippen LogP contribution in [0.15, 0.2) is 18.2 Å². The Balaban J connectivity index is 2.93. The zero-order valence-electron chi connectivity index (χ0n) is 10.0. The Labute approximate surface area is 101 Å². The maximum atomic E-state index is 11.3. The number of nitrogens with zero attached hydrogens (tertiary/aromatic N) is 2. The highest BCUT2D eigenvalue weighted by Gasteiger charge is 2.10. The highest BCUT2D eigenvalue weighted by molar-refractivity contribution is 5.81. The standard InChI is InChI=1S/C12H16N4O/c1-3-16(8-12(17)15-2)10-5-4-9(7-13)11(14)6-10/h4-6H,3,8,14H2,1-2H3,(H,15,17). The molecule has 0 aromatic heterocycles. The summed E-state index contributed by atoms with van der Waals surface area (Å²) in [7, 11) is 1.60. The lowest BCUT2D eigenvalue weighted by Gasteiger charge is -2.22. The minimum atomic E-state index is -0.0604. The van der Waals surface area contributed by atoms with Crippen molar-refractivity contribution in [3.05, 3.63) is 23.8 Å². The Kier molecular flexibility index (Phi) is 4.35. The van der Waals surface area contributed by atoms with Crippen LogP contribution in [0.2, 0.25) is 0 Å². The number of nitrogen functional groups attached to an aromatic ring is 1. The molecule has 0 spiro atoms. The summed E-state index contributed by atoms with van der Waals surface area (Å²) in [5.41, 5.74) is 7.46. The van der Waals surface area contributed by atoms with E-state index in [1.807, 2.05) is 17.9 Å². The minimum Gasteiger partial charge on any atom is -0.398 e.